The summed E-state index contributed by atoms with van der Waals surface area (Å²) in [6.07, 6.45) is 29.6. The van der Waals surface area contributed by atoms with E-state index in [0.717, 1.165) is 38.5 Å². The molecule has 302 valence electrons. The number of aliphatic hydroxyl groups excluding tert-OH is 5. The van der Waals surface area contributed by atoms with Gasteiger partial charge in [0.1, 0.15) is 24.4 Å². The number of hydrogen-bond donors (Lipinski definition) is 6. The molecule has 0 aliphatic carbocycles. The number of aliphatic hydroxyl groups is 5. The van der Waals surface area contributed by atoms with Crippen molar-refractivity contribution in [3.63, 3.8) is 0 Å². The van der Waals surface area contributed by atoms with Crippen LogP contribution in [0.4, 0.5) is 0 Å². The van der Waals surface area contributed by atoms with Crippen molar-refractivity contribution >= 4 is 5.91 Å². The zero-order valence-corrected chi connectivity index (χ0v) is 32.9. The number of hydrogen-bond acceptors (Lipinski definition) is 8. The molecular weight excluding hydrogens is 646 g/mol. The SMILES string of the molecule is CCCCCCCCCCCCC/C=C/C(O)C(CO[C@@H]1O[C@H](CO)[C@H](O)[C@H](O)[C@H]1O)NC(=O)CCCCCCCCCCCCCCCCC. The molecule has 0 aromatic rings. The van der Waals surface area contributed by atoms with Gasteiger partial charge >= 0.3 is 0 Å². The molecule has 2 unspecified atom stereocenters. The average Bonchev–Trinajstić information content (AvgIpc) is 3.13. The van der Waals surface area contributed by atoms with Crippen molar-refractivity contribution in [2.24, 2.45) is 0 Å². The maximum atomic E-state index is 12.9. The Morgan fingerprint density at radius 1 is 0.647 bits per heavy atom. The van der Waals surface area contributed by atoms with Crippen LogP contribution in [0, 0.1) is 0 Å². The van der Waals surface area contributed by atoms with Crippen molar-refractivity contribution in [3.05, 3.63) is 12.2 Å². The van der Waals surface area contributed by atoms with E-state index in [0.29, 0.717) is 6.42 Å². The summed E-state index contributed by atoms with van der Waals surface area (Å²) in [5.41, 5.74) is 0. The lowest BCUT2D eigenvalue weighted by Gasteiger charge is -2.40. The molecule has 1 rings (SSSR count). The van der Waals surface area contributed by atoms with E-state index in [-0.39, 0.29) is 12.5 Å². The Bertz CT molecular complexity index is 812. The first-order valence-corrected chi connectivity index (χ1v) is 21.4. The summed E-state index contributed by atoms with van der Waals surface area (Å²) in [6, 6.07) is -0.796. The summed E-state index contributed by atoms with van der Waals surface area (Å²) < 4.78 is 11.2. The van der Waals surface area contributed by atoms with Crippen LogP contribution in [0.2, 0.25) is 0 Å². The summed E-state index contributed by atoms with van der Waals surface area (Å²) in [5.74, 6) is -0.176. The second-order valence-electron chi connectivity index (χ2n) is 15.1. The summed E-state index contributed by atoms with van der Waals surface area (Å²) in [6.45, 7) is 3.76. The van der Waals surface area contributed by atoms with E-state index >= 15 is 0 Å². The van der Waals surface area contributed by atoms with Crippen molar-refractivity contribution < 1.29 is 39.8 Å². The monoisotopic (exact) mass is 728 g/mol. The fourth-order valence-corrected chi connectivity index (χ4v) is 6.86. The zero-order valence-electron chi connectivity index (χ0n) is 32.9. The first-order valence-electron chi connectivity index (χ1n) is 21.4. The standard InChI is InChI=1S/C42H81NO8/c1-3-5-7-9-11-13-15-17-18-20-22-24-26-28-30-32-38(46)43-35(34-50-42-41(49)40(48)39(47)37(33-44)51-42)36(45)31-29-27-25-23-21-19-16-14-12-10-8-6-4-2/h29,31,35-37,39-42,44-45,47-49H,3-28,30,32-34H2,1-2H3,(H,43,46)/b31-29+/t35?,36?,37-,39+,40+,41-,42-/m1/s1. The van der Waals surface area contributed by atoms with E-state index < -0.39 is 49.5 Å². The molecule has 0 aromatic heterocycles. The van der Waals surface area contributed by atoms with Crippen LogP contribution >= 0.6 is 0 Å². The van der Waals surface area contributed by atoms with Crippen LogP contribution in [-0.2, 0) is 14.3 Å². The van der Waals surface area contributed by atoms with E-state index in [4.69, 9.17) is 9.47 Å². The van der Waals surface area contributed by atoms with Crippen molar-refractivity contribution in [3.8, 4) is 0 Å². The molecule has 0 saturated carbocycles. The molecular formula is C42H81NO8. The lowest BCUT2D eigenvalue weighted by Crippen LogP contribution is -2.60. The van der Waals surface area contributed by atoms with Crippen molar-refractivity contribution in [2.45, 2.75) is 236 Å². The molecule has 1 heterocycles. The topological polar surface area (TPSA) is 149 Å². The van der Waals surface area contributed by atoms with Crippen molar-refractivity contribution in [1.29, 1.82) is 0 Å². The van der Waals surface area contributed by atoms with Crippen LogP contribution in [0.1, 0.15) is 194 Å². The minimum atomic E-state index is -1.56. The molecule has 0 aromatic carbocycles. The number of amides is 1. The van der Waals surface area contributed by atoms with E-state index in [2.05, 4.69) is 19.2 Å². The van der Waals surface area contributed by atoms with Gasteiger partial charge in [0, 0.05) is 6.42 Å². The van der Waals surface area contributed by atoms with E-state index in [1.165, 1.54) is 135 Å². The van der Waals surface area contributed by atoms with Crippen LogP contribution in [0.5, 0.6) is 0 Å². The molecule has 51 heavy (non-hydrogen) atoms. The second kappa shape index (κ2) is 33.5. The molecule has 1 fully saturated rings. The molecule has 0 radical (unpaired) electrons. The summed E-state index contributed by atoms with van der Waals surface area (Å²) in [7, 11) is 0. The van der Waals surface area contributed by atoms with Gasteiger partial charge in [-0.2, -0.15) is 0 Å². The minimum absolute atomic E-state index is 0.176. The number of allylic oxidation sites excluding steroid dienone is 1. The quantitative estimate of drug-likeness (QED) is 0.0283. The minimum Gasteiger partial charge on any atom is -0.394 e. The fourth-order valence-electron chi connectivity index (χ4n) is 6.86. The molecule has 7 atom stereocenters. The normalized spacial score (nSPS) is 22.1. The van der Waals surface area contributed by atoms with Gasteiger partial charge in [0.25, 0.3) is 0 Å². The first kappa shape index (κ1) is 48.0. The van der Waals surface area contributed by atoms with Gasteiger partial charge in [-0.1, -0.05) is 180 Å². The number of carbonyl (C=O) groups is 1. The lowest BCUT2D eigenvalue weighted by atomic mass is 9.99. The second-order valence-corrected chi connectivity index (χ2v) is 15.1. The van der Waals surface area contributed by atoms with Crippen LogP contribution in [0.3, 0.4) is 0 Å². The summed E-state index contributed by atoms with van der Waals surface area (Å²) >= 11 is 0. The molecule has 9 heteroatoms. The molecule has 0 bridgehead atoms. The van der Waals surface area contributed by atoms with Crippen LogP contribution in [0.25, 0.3) is 0 Å². The van der Waals surface area contributed by atoms with Gasteiger partial charge in [0.15, 0.2) is 6.29 Å². The van der Waals surface area contributed by atoms with Gasteiger partial charge in [-0.3, -0.25) is 4.79 Å². The predicted molar refractivity (Wildman–Crippen MR) is 207 cm³/mol. The van der Waals surface area contributed by atoms with Gasteiger partial charge in [-0.05, 0) is 19.3 Å². The lowest BCUT2D eigenvalue weighted by molar-refractivity contribution is -0.302. The van der Waals surface area contributed by atoms with Gasteiger partial charge < -0.3 is 40.3 Å². The van der Waals surface area contributed by atoms with Crippen molar-refractivity contribution in [1.82, 2.24) is 5.32 Å². The van der Waals surface area contributed by atoms with E-state index in [9.17, 15) is 30.3 Å². The highest BCUT2D eigenvalue weighted by molar-refractivity contribution is 5.76. The average molecular weight is 728 g/mol. The Hall–Kier alpha value is -1.07. The number of nitrogens with one attached hydrogen (secondary N) is 1. The summed E-state index contributed by atoms with van der Waals surface area (Å²) in [4.78, 5) is 12.9. The van der Waals surface area contributed by atoms with Crippen molar-refractivity contribution in [2.75, 3.05) is 13.2 Å². The maximum absolute atomic E-state index is 12.9. The molecule has 6 N–H and O–H groups in total. The van der Waals surface area contributed by atoms with Gasteiger partial charge in [-0.25, -0.2) is 0 Å². The number of ether oxygens (including phenoxy) is 2. The third-order valence-corrected chi connectivity index (χ3v) is 10.4. The maximum Gasteiger partial charge on any atom is 0.220 e. The number of rotatable bonds is 35. The largest absolute Gasteiger partial charge is 0.394 e. The molecule has 1 amide bonds. The molecule has 1 aliphatic heterocycles. The Morgan fingerprint density at radius 2 is 1.08 bits per heavy atom. The number of unbranched alkanes of at least 4 members (excludes halogenated alkanes) is 25. The summed E-state index contributed by atoms with van der Waals surface area (Å²) in [5, 5.41) is 54.0. The highest BCUT2D eigenvalue weighted by Crippen LogP contribution is 2.22. The van der Waals surface area contributed by atoms with Gasteiger partial charge in [0.05, 0.1) is 25.4 Å². The Balaban J connectivity index is 2.39. The predicted octanol–water partition coefficient (Wildman–Crippen LogP) is 8.17. The van der Waals surface area contributed by atoms with E-state index in [1.807, 2.05) is 6.08 Å². The van der Waals surface area contributed by atoms with E-state index in [1.54, 1.807) is 6.08 Å². The molecule has 1 aliphatic rings. The third kappa shape index (κ3) is 24.8. The Labute approximate surface area is 312 Å². The Morgan fingerprint density at radius 3 is 1.53 bits per heavy atom. The van der Waals surface area contributed by atoms with Crippen LogP contribution in [-0.4, -0.2) is 87.5 Å². The van der Waals surface area contributed by atoms with Gasteiger partial charge in [-0.15, -0.1) is 0 Å². The van der Waals surface area contributed by atoms with Crippen LogP contribution in [0.15, 0.2) is 12.2 Å². The highest BCUT2D eigenvalue weighted by Gasteiger charge is 2.44. The molecule has 1 saturated heterocycles. The highest BCUT2D eigenvalue weighted by atomic mass is 16.7. The third-order valence-electron chi connectivity index (χ3n) is 10.4. The first-order chi connectivity index (χ1) is 24.8. The molecule has 9 nitrogen and oxygen atoms in total. The van der Waals surface area contributed by atoms with Gasteiger partial charge in [0.2, 0.25) is 5.91 Å². The number of carbonyl (C=O) groups excluding carboxylic acids is 1. The van der Waals surface area contributed by atoms with Crippen LogP contribution < -0.4 is 5.32 Å². The molecule has 0 spiro atoms. The zero-order chi connectivity index (χ0) is 37.4. The fraction of sp³-hybridized carbons (Fsp3) is 0.929. The Kier molecular flexibility index (Phi) is 31.5. The smallest absolute Gasteiger partial charge is 0.220 e.